The Morgan fingerprint density at radius 3 is 2.51 bits per heavy atom. The Morgan fingerprint density at radius 2 is 1.80 bits per heavy atom. The molecule has 2 aliphatic heterocycles. The molecule has 2 atom stereocenters. The number of hydrogen-bond donors (Lipinski definition) is 1. The number of amides is 2. The van der Waals surface area contributed by atoms with Crippen molar-refractivity contribution in [3.8, 4) is 11.5 Å². The summed E-state index contributed by atoms with van der Waals surface area (Å²) in [6.45, 7) is 12.2. The van der Waals surface area contributed by atoms with Crippen molar-refractivity contribution < 1.29 is 28.2 Å². The topological polar surface area (TPSA) is 83.6 Å². The molecule has 2 heterocycles. The van der Waals surface area contributed by atoms with E-state index in [9.17, 15) is 14.0 Å². The van der Waals surface area contributed by atoms with Crippen molar-refractivity contribution in [2.75, 3.05) is 64.9 Å². The highest BCUT2D eigenvalue weighted by Gasteiger charge is 2.40. The smallest absolute Gasteiger partial charge is 0.256 e. The summed E-state index contributed by atoms with van der Waals surface area (Å²) in [5, 5.41) is 3.24. The lowest BCUT2D eigenvalue weighted by Gasteiger charge is -2.32. The van der Waals surface area contributed by atoms with E-state index in [4.69, 9.17) is 25.8 Å². The summed E-state index contributed by atoms with van der Waals surface area (Å²) >= 11 is 6.58. The molecule has 2 aliphatic rings. The van der Waals surface area contributed by atoms with Crippen LogP contribution in [0.25, 0.3) is 0 Å². The van der Waals surface area contributed by atoms with E-state index in [2.05, 4.69) is 22.2 Å². The Balaban J connectivity index is 1.43. The molecule has 1 saturated heterocycles. The van der Waals surface area contributed by atoms with Gasteiger partial charge in [0.25, 0.3) is 5.91 Å². The van der Waals surface area contributed by atoms with Crippen molar-refractivity contribution in [3.05, 3.63) is 88.2 Å². The standard InChI is InChI=1S/C38H48ClFN4O5/c1-38(2,3)25-44-31-15-14-27(39)22-29(31)35(49-33(37(44)46)23-34(45)41-24-26-10-6-7-12-30(26)40)28-11-8-13-32(36(28)47-5)48-21-9-16-43-19-17-42(4)18-20-43/h6-8,10-15,22,33,35H,9,16-21,23-25H2,1-5H3,(H,41,45). The SMILES string of the molecule is COc1c(OCCCN2CCN(C)CC2)cccc1C1OC(CC(=O)NCc2ccccc2F)C(=O)N(CC(C)(C)C)c2ccc(Cl)cc21. The molecule has 49 heavy (non-hydrogen) atoms. The van der Waals surface area contributed by atoms with Gasteiger partial charge in [0.15, 0.2) is 11.5 Å². The van der Waals surface area contributed by atoms with Gasteiger partial charge < -0.3 is 34.2 Å². The monoisotopic (exact) mass is 694 g/mol. The second kappa shape index (κ2) is 16.3. The number of piperazine rings is 1. The number of ether oxygens (including phenoxy) is 3. The number of carbonyl (C=O) groups is 2. The minimum Gasteiger partial charge on any atom is -0.492 e. The Morgan fingerprint density at radius 1 is 1.04 bits per heavy atom. The minimum atomic E-state index is -1.16. The molecule has 0 bridgehead atoms. The summed E-state index contributed by atoms with van der Waals surface area (Å²) in [6.07, 6.45) is -1.39. The zero-order valence-corrected chi connectivity index (χ0v) is 29.9. The van der Waals surface area contributed by atoms with Gasteiger partial charge >= 0.3 is 0 Å². The van der Waals surface area contributed by atoms with E-state index in [0.29, 0.717) is 52.1 Å². The lowest BCUT2D eigenvalue weighted by Crippen LogP contribution is -2.45. The molecule has 0 aliphatic carbocycles. The molecule has 0 spiro atoms. The first-order valence-corrected chi connectivity index (χ1v) is 17.3. The average Bonchev–Trinajstić information content (AvgIpc) is 3.16. The zero-order valence-electron chi connectivity index (χ0n) is 29.1. The Hall–Kier alpha value is -3.70. The zero-order chi connectivity index (χ0) is 35.1. The highest BCUT2D eigenvalue weighted by atomic mass is 35.5. The van der Waals surface area contributed by atoms with E-state index in [1.165, 1.54) is 6.07 Å². The van der Waals surface area contributed by atoms with Gasteiger partial charge in [-0.2, -0.15) is 0 Å². The quantitative estimate of drug-likeness (QED) is 0.230. The van der Waals surface area contributed by atoms with E-state index in [1.54, 1.807) is 42.3 Å². The van der Waals surface area contributed by atoms with Gasteiger partial charge in [-0.3, -0.25) is 9.59 Å². The molecule has 3 aromatic carbocycles. The van der Waals surface area contributed by atoms with Crippen molar-refractivity contribution in [1.29, 1.82) is 0 Å². The maximum atomic E-state index is 14.3. The van der Waals surface area contributed by atoms with Gasteiger partial charge in [0, 0.05) is 73.2 Å². The average molecular weight is 695 g/mol. The normalized spacial score (nSPS) is 18.9. The van der Waals surface area contributed by atoms with Crippen LogP contribution in [-0.4, -0.2) is 87.8 Å². The Kier molecular flexibility index (Phi) is 12.2. The molecular formula is C38H48ClFN4O5. The molecular weight excluding hydrogens is 647 g/mol. The molecule has 2 unspecified atom stereocenters. The molecule has 0 saturated carbocycles. The van der Waals surface area contributed by atoms with E-state index < -0.39 is 23.9 Å². The summed E-state index contributed by atoms with van der Waals surface area (Å²) in [7, 11) is 3.73. The van der Waals surface area contributed by atoms with Gasteiger partial charge in [-0.15, -0.1) is 0 Å². The molecule has 2 amide bonds. The largest absolute Gasteiger partial charge is 0.492 e. The molecule has 5 rings (SSSR count). The number of nitrogens with one attached hydrogen (secondary N) is 1. The predicted octanol–water partition coefficient (Wildman–Crippen LogP) is 6.08. The third-order valence-electron chi connectivity index (χ3n) is 8.81. The van der Waals surface area contributed by atoms with Crippen LogP contribution in [0.1, 0.15) is 56.4 Å². The number of likely N-dealkylation sites (N-methyl/N-ethyl adjacent to an activating group) is 1. The van der Waals surface area contributed by atoms with E-state index >= 15 is 0 Å². The second-order valence-corrected chi connectivity index (χ2v) is 14.4. The van der Waals surface area contributed by atoms with Crippen molar-refractivity contribution >= 4 is 29.1 Å². The molecule has 9 nitrogen and oxygen atoms in total. The van der Waals surface area contributed by atoms with Crippen molar-refractivity contribution in [2.24, 2.45) is 5.41 Å². The van der Waals surface area contributed by atoms with Crippen LogP contribution in [0.2, 0.25) is 5.02 Å². The highest BCUT2D eigenvalue weighted by Crippen LogP contribution is 2.45. The number of benzene rings is 3. The van der Waals surface area contributed by atoms with Crippen LogP contribution in [0.15, 0.2) is 60.7 Å². The fraction of sp³-hybridized carbons (Fsp3) is 0.474. The lowest BCUT2D eigenvalue weighted by molar-refractivity contribution is -0.138. The fourth-order valence-electron chi connectivity index (χ4n) is 6.27. The summed E-state index contributed by atoms with van der Waals surface area (Å²) in [5.74, 6) is -0.159. The fourth-order valence-corrected chi connectivity index (χ4v) is 6.45. The molecule has 0 aromatic heterocycles. The molecule has 1 fully saturated rings. The summed E-state index contributed by atoms with van der Waals surface area (Å²) in [6, 6.07) is 17.2. The third kappa shape index (κ3) is 9.51. The molecule has 264 valence electrons. The van der Waals surface area contributed by atoms with Gasteiger partial charge in [0.05, 0.1) is 20.1 Å². The number of halogens is 2. The number of methoxy groups -OCH3 is 1. The summed E-state index contributed by atoms with van der Waals surface area (Å²) in [4.78, 5) is 34.1. The van der Waals surface area contributed by atoms with Gasteiger partial charge in [0.2, 0.25) is 5.91 Å². The molecule has 1 N–H and O–H groups in total. The third-order valence-corrected chi connectivity index (χ3v) is 9.04. The first-order valence-electron chi connectivity index (χ1n) is 16.9. The number of hydrogen-bond acceptors (Lipinski definition) is 7. The van der Waals surface area contributed by atoms with Crippen molar-refractivity contribution in [3.63, 3.8) is 0 Å². The van der Waals surface area contributed by atoms with Crippen molar-refractivity contribution in [2.45, 2.75) is 52.4 Å². The van der Waals surface area contributed by atoms with E-state index in [0.717, 1.165) is 39.1 Å². The second-order valence-electron chi connectivity index (χ2n) is 14.0. The van der Waals surface area contributed by atoms with Gasteiger partial charge in [-0.1, -0.05) is 62.7 Å². The van der Waals surface area contributed by atoms with E-state index in [1.807, 2.05) is 45.0 Å². The summed E-state index contributed by atoms with van der Waals surface area (Å²) in [5.41, 5.74) is 2.03. The van der Waals surface area contributed by atoms with Crippen LogP contribution < -0.4 is 19.7 Å². The molecule has 11 heteroatoms. The minimum absolute atomic E-state index is 0.0145. The highest BCUT2D eigenvalue weighted by molar-refractivity contribution is 6.30. The Labute approximate surface area is 294 Å². The van der Waals surface area contributed by atoms with Crippen LogP contribution in [0, 0.1) is 11.2 Å². The van der Waals surface area contributed by atoms with Crippen LogP contribution in [0.4, 0.5) is 10.1 Å². The number of nitrogens with zero attached hydrogens (tertiary/aromatic N) is 3. The van der Waals surface area contributed by atoms with Crippen LogP contribution >= 0.6 is 11.6 Å². The number of para-hydroxylation sites is 1. The van der Waals surface area contributed by atoms with E-state index in [-0.39, 0.29) is 24.3 Å². The predicted molar refractivity (Wildman–Crippen MR) is 190 cm³/mol. The Bertz CT molecular complexity index is 1610. The number of carbonyl (C=O) groups excluding carboxylic acids is 2. The lowest BCUT2D eigenvalue weighted by atomic mass is 9.94. The number of anilines is 1. The first kappa shape index (κ1) is 36.6. The van der Waals surface area contributed by atoms with Gasteiger partial charge in [-0.05, 0) is 49.2 Å². The van der Waals surface area contributed by atoms with Crippen LogP contribution in [-0.2, 0) is 20.9 Å². The number of fused-ring (bicyclic) bond motifs is 1. The maximum Gasteiger partial charge on any atom is 0.256 e. The molecule has 3 aromatic rings. The number of rotatable bonds is 12. The van der Waals surface area contributed by atoms with Crippen molar-refractivity contribution in [1.82, 2.24) is 15.1 Å². The molecule has 0 radical (unpaired) electrons. The van der Waals surface area contributed by atoms with Gasteiger partial charge in [-0.25, -0.2) is 4.39 Å². The van der Waals surface area contributed by atoms with Crippen LogP contribution in [0.5, 0.6) is 11.5 Å². The summed E-state index contributed by atoms with van der Waals surface area (Å²) < 4.78 is 33.2. The van der Waals surface area contributed by atoms with Gasteiger partial charge in [0.1, 0.15) is 18.0 Å². The van der Waals surface area contributed by atoms with Crippen LogP contribution in [0.3, 0.4) is 0 Å². The maximum absolute atomic E-state index is 14.3. The first-order chi connectivity index (χ1) is 23.4.